The van der Waals surface area contributed by atoms with Crippen LogP contribution in [0.15, 0.2) is 97.2 Å². The molecule has 0 aromatic carbocycles. The second-order valence-corrected chi connectivity index (χ2v) is 23.7. The lowest BCUT2D eigenvalue weighted by atomic mass is 10.0. The molecule has 0 aliphatic heterocycles. The van der Waals surface area contributed by atoms with Gasteiger partial charge in [0.05, 0.1) is 0 Å². The molecule has 0 aromatic rings. The average molecular weight is 1160 g/mol. The van der Waals surface area contributed by atoms with E-state index >= 15 is 0 Å². The Bertz CT molecular complexity index is 1610. The topological polar surface area (TPSA) is 78.9 Å². The van der Waals surface area contributed by atoms with Crippen molar-refractivity contribution < 1.29 is 28.6 Å². The van der Waals surface area contributed by atoms with E-state index in [4.69, 9.17) is 14.2 Å². The first-order chi connectivity index (χ1) is 41.0. The molecule has 0 bridgehead atoms. The minimum Gasteiger partial charge on any atom is -0.462 e. The monoisotopic (exact) mass is 1160 g/mol. The summed E-state index contributed by atoms with van der Waals surface area (Å²) in [6, 6.07) is 0. The first kappa shape index (κ1) is 79.3. The van der Waals surface area contributed by atoms with E-state index in [2.05, 4.69) is 118 Å². The number of rotatable bonds is 65. The Kier molecular flexibility index (Phi) is 67.7. The highest BCUT2D eigenvalue weighted by molar-refractivity contribution is 5.71. The summed E-state index contributed by atoms with van der Waals surface area (Å²) in [6.07, 6.45) is 95.9. The standard InChI is InChI=1S/C77H134O6/c1-4-7-10-13-16-19-22-25-28-30-32-33-34-35-36-37-38-39-40-41-42-43-45-46-49-52-55-58-61-64-67-70-76(79)82-73-74(72-81-75(78)69-66-63-60-57-54-51-48-27-24-21-18-15-12-9-6-3)83-77(80)71-68-65-62-59-56-53-50-47-44-31-29-26-23-20-17-14-11-8-5-2/h7,9-10,12,16,18-19,21,25,27-28,32-33,48,54,57,74H,4-6,8,11,13-15,17,20,22-24,26,29-31,34-47,49-53,55-56,58-73H2,1-3H3/b10-7-,12-9-,19-16-,21-18-,28-25-,33-32-,48-27-,57-54-. The maximum atomic E-state index is 12.9. The zero-order valence-corrected chi connectivity index (χ0v) is 54.9. The molecule has 0 aliphatic carbocycles. The van der Waals surface area contributed by atoms with Crippen molar-refractivity contribution in [3.8, 4) is 0 Å². The summed E-state index contributed by atoms with van der Waals surface area (Å²) in [5, 5.41) is 0. The van der Waals surface area contributed by atoms with Crippen LogP contribution in [0.25, 0.3) is 0 Å². The normalized spacial score (nSPS) is 12.7. The van der Waals surface area contributed by atoms with E-state index in [0.29, 0.717) is 19.3 Å². The summed E-state index contributed by atoms with van der Waals surface area (Å²) in [6.45, 7) is 6.43. The summed E-state index contributed by atoms with van der Waals surface area (Å²) in [5.41, 5.74) is 0. The van der Waals surface area contributed by atoms with E-state index in [1.54, 1.807) is 0 Å². The van der Waals surface area contributed by atoms with Crippen LogP contribution in [-0.4, -0.2) is 37.2 Å². The highest BCUT2D eigenvalue weighted by Gasteiger charge is 2.19. The number of carbonyl (C=O) groups is 3. The number of esters is 3. The first-order valence-corrected chi connectivity index (χ1v) is 35.7. The third-order valence-electron chi connectivity index (χ3n) is 15.6. The highest BCUT2D eigenvalue weighted by Crippen LogP contribution is 2.18. The second kappa shape index (κ2) is 70.8. The van der Waals surface area contributed by atoms with Gasteiger partial charge < -0.3 is 14.2 Å². The van der Waals surface area contributed by atoms with Gasteiger partial charge in [0.1, 0.15) is 13.2 Å². The van der Waals surface area contributed by atoms with Gasteiger partial charge >= 0.3 is 17.9 Å². The van der Waals surface area contributed by atoms with Gasteiger partial charge in [-0.1, -0.05) is 336 Å². The van der Waals surface area contributed by atoms with Crippen LogP contribution >= 0.6 is 0 Å². The largest absolute Gasteiger partial charge is 0.462 e. The quantitative estimate of drug-likeness (QED) is 0.0261. The van der Waals surface area contributed by atoms with Crippen molar-refractivity contribution in [2.24, 2.45) is 0 Å². The molecule has 0 spiro atoms. The Hall–Kier alpha value is -3.67. The molecule has 0 N–H and O–H groups in total. The predicted molar refractivity (Wildman–Crippen MR) is 362 cm³/mol. The Morgan fingerprint density at radius 1 is 0.253 bits per heavy atom. The molecule has 0 radical (unpaired) electrons. The predicted octanol–water partition coefficient (Wildman–Crippen LogP) is 24.8. The summed E-state index contributed by atoms with van der Waals surface area (Å²) in [5.74, 6) is -0.909. The van der Waals surface area contributed by atoms with Crippen molar-refractivity contribution in [2.45, 2.75) is 361 Å². The SMILES string of the molecule is CC/C=C\C/C=C\C/C=C\C/C=C\CCCCCCCCCCCCCCCCCCCCC(=O)OCC(COC(=O)CCCC/C=C\C/C=C\C/C=C\C/C=C\CC)OC(=O)CCCCCCCCCCCCCCCCCCCCC. The van der Waals surface area contributed by atoms with Crippen molar-refractivity contribution in [1.82, 2.24) is 0 Å². The third-order valence-corrected chi connectivity index (χ3v) is 15.6. The molecular formula is C77H134O6. The Labute approximate surface area is 515 Å². The van der Waals surface area contributed by atoms with Crippen LogP contribution in [0.4, 0.5) is 0 Å². The van der Waals surface area contributed by atoms with Gasteiger partial charge in [-0.25, -0.2) is 0 Å². The fraction of sp³-hybridized carbons (Fsp3) is 0.753. The summed E-state index contributed by atoms with van der Waals surface area (Å²) >= 11 is 0. The van der Waals surface area contributed by atoms with Crippen molar-refractivity contribution in [3.63, 3.8) is 0 Å². The van der Waals surface area contributed by atoms with Gasteiger partial charge in [0.25, 0.3) is 0 Å². The molecule has 0 aromatic heterocycles. The number of carbonyl (C=O) groups excluding carboxylic acids is 3. The van der Waals surface area contributed by atoms with Gasteiger partial charge in [0.15, 0.2) is 6.10 Å². The Morgan fingerprint density at radius 2 is 0.470 bits per heavy atom. The lowest BCUT2D eigenvalue weighted by Crippen LogP contribution is -2.30. The van der Waals surface area contributed by atoms with Crippen LogP contribution in [0, 0.1) is 0 Å². The lowest BCUT2D eigenvalue weighted by molar-refractivity contribution is -0.167. The average Bonchev–Trinajstić information content (AvgIpc) is 3.49. The molecule has 0 fully saturated rings. The fourth-order valence-corrected chi connectivity index (χ4v) is 10.3. The first-order valence-electron chi connectivity index (χ1n) is 35.7. The molecule has 0 amide bonds. The van der Waals surface area contributed by atoms with Crippen LogP contribution in [-0.2, 0) is 28.6 Å². The number of hydrogen-bond donors (Lipinski definition) is 0. The van der Waals surface area contributed by atoms with Crippen LogP contribution < -0.4 is 0 Å². The molecule has 0 heterocycles. The van der Waals surface area contributed by atoms with E-state index in [-0.39, 0.29) is 31.1 Å². The van der Waals surface area contributed by atoms with Crippen LogP contribution in [0.3, 0.4) is 0 Å². The third kappa shape index (κ3) is 69.0. The van der Waals surface area contributed by atoms with Crippen LogP contribution in [0.5, 0.6) is 0 Å². The van der Waals surface area contributed by atoms with Gasteiger partial charge in [-0.15, -0.1) is 0 Å². The molecule has 478 valence electrons. The van der Waals surface area contributed by atoms with Crippen LogP contribution in [0.1, 0.15) is 355 Å². The zero-order valence-electron chi connectivity index (χ0n) is 54.9. The molecule has 0 aliphatic rings. The van der Waals surface area contributed by atoms with Crippen molar-refractivity contribution in [3.05, 3.63) is 97.2 Å². The van der Waals surface area contributed by atoms with E-state index in [0.717, 1.165) is 109 Å². The minimum absolute atomic E-state index is 0.0858. The summed E-state index contributed by atoms with van der Waals surface area (Å²) in [4.78, 5) is 38.4. The fourth-order valence-electron chi connectivity index (χ4n) is 10.3. The summed E-state index contributed by atoms with van der Waals surface area (Å²) in [7, 11) is 0. The maximum Gasteiger partial charge on any atom is 0.306 e. The number of ether oxygens (including phenoxy) is 3. The maximum absolute atomic E-state index is 12.9. The van der Waals surface area contributed by atoms with Gasteiger partial charge in [-0.2, -0.15) is 0 Å². The molecular weight excluding hydrogens is 1020 g/mol. The highest BCUT2D eigenvalue weighted by atomic mass is 16.6. The lowest BCUT2D eigenvalue weighted by Gasteiger charge is -2.18. The van der Waals surface area contributed by atoms with Gasteiger partial charge in [0.2, 0.25) is 0 Å². The summed E-state index contributed by atoms with van der Waals surface area (Å²) < 4.78 is 17.0. The molecule has 0 saturated carbocycles. The van der Waals surface area contributed by atoms with Crippen molar-refractivity contribution in [1.29, 1.82) is 0 Å². The van der Waals surface area contributed by atoms with E-state index in [9.17, 15) is 14.4 Å². The molecule has 0 rings (SSSR count). The second-order valence-electron chi connectivity index (χ2n) is 23.7. The van der Waals surface area contributed by atoms with E-state index in [1.807, 2.05) is 0 Å². The molecule has 1 atom stereocenters. The molecule has 1 unspecified atom stereocenters. The van der Waals surface area contributed by atoms with E-state index < -0.39 is 6.10 Å². The van der Waals surface area contributed by atoms with Crippen molar-refractivity contribution in [2.75, 3.05) is 13.2 Å². The minimum atomic E-state index is -0.793. The Morgan fingerprint density at radius 3 is 0.759 bits per heavy atom. The van der Waals surface area contributed by atoms with Gasteiger partial charge in [-0.05, 0) is 96.3 Å². The van der Waals surface area contributed by atoms with Gasteiger partial charge in [0, 0.05) is 19.3 Å². The van der Waals surface area contributed by atoms with Crippen LogP contribution in [0.2, 0.25) is 0 Å². The van der Waals surface area contributed by atoms with Gasteiger partial charge in [-0.3, -0.25) is 14.4 Å². The number of allylic oxidation sites excluding steroid dienone is 16. The number of unbranched alkanes of at least 4 members (excludes halogenated alkanes) is 38. The molecule has 0 saturated heterocycles. The smallest absolute Gasteiger partial charge is 0.306 e. The zero-order chi connectivity index (χ0) is 59.9. The Balaban J connectivity index is 4.24. The number of hydrogen-bond acceptors (Lipinski definition) is 6. The van der Waals surface area contributed by atoms with E-state index in [1.165, 1.54) is 205 Å². The molecule has 6 heteroatoms. The molecule has 6 nitrogen and oxygen atoms in total. The van der Waals surface area contributed by atoms with Crippen molar-refractivity contribution >= 4 is 17.9 Å². The molecule has 83 heavy (non-hydrogen) atoms.